The molecule has 0 aliphatic rings. The monoisotopic (exact) mass is 486 g/mol. The average Bonchev–Trinajstić information content (AvgIpc) is 2.79. The van der Waals surface area contributed by atoms with Gasteiger partial charge in [0.2, 0.25) is 5.91 Å². The highest BCUT2D eigenvalue weighted by molar-refractivity contribution is 7.92. The molecule has 0 fully saturated rings. The van der Waals surface area contributed by atoms with Crippen LogP contribution >= 0.6 is 0 Å². The van der Waals surface area contributed by atoms with Crippen molar-refractivity contribution in [2.24, 2.45) is 0 Å². The van der Waals surface area contributed by atoms with Gasteiger partial charge < -0.3 is 14.8 Å². The summed E-state index contributed by atoms with van der Waals surface area (Å²) < 4.78 is 53.1. The fraction of sp³-hybridized carbons (Fsp3) is 0.240. The van der Waals surface area contributed by atoms with Crippen LogP contribution in [0.1, 0.15) is 16.7 Å². The van der Waals surface area contributed by atoms with Crippen LogP contribution < -0.4 is 19.1 Å². The summed E-state index contributed by atoms with van der Waals surface area (Å²) in [5.74, 6) is -0.862. The van der Waals surface area contributed by atoms with E-state index in [2.05, 4.69) is 5.32 Å². The van der Waals surface area contributed by atoms with Gasteiger partial charge in [-0.1, -0.05) is 29.8 Å². The first-order valence-electron chi connectivity index (χ1n) is 10.5. The number of benzene rings is 3. The van der Waals surface area contributed by atoms with E-state index in [0.29, 0.717) is 11.4 Å². The summed E-state index contributed by atoms with van der Waals surface area (Å²) >= 11 is 0. The first-order chi connectivity index (χ1) is 16.1. The number of amides is 1. The number of nitrogens with one attached hydrogen (secondary N) is 1. The van der Waals surface area contributed by atoms with Gasteiger partial charge in [0, 0.05) is 11.8 Å². The van der Waals surface area contributed by atoms with Gasteiger partial charge in [-0.3, -0.25) is 9.10 Å². The van der Waals surface area contributed by atoms with Crippen LogP contribution in [0.15, 0.2) is 59.5 Å². The molecule has 1 N–H and O–H groups in total. The van der Waals surface area contributed by atoms with Gasteiger partial charge in [-0.15, -0.1) is 0 Å². The topological polar surface area (TPSA) is 84.9 Å². The van der Waals surface area contributed by atoms with E-state index in [1.165, 1.54) is 50.6 Å². The number of sulfonamides is 1. The Morgan fingerprint density at radius 3 is 2.15 bits per heavy atom. The van der Waals surface area contributed by atoms with Gasteiger partial charge in [0.15, 0.2) is 11.5 Å². The van der Waals surface area contributed by atoms with Crippen molar-refractivity contribution in [3.63, 3.8) is 0 Å². The SMILES string of the molecule is COc1ccc(S(=O)(=O)N(CC(=O)Nc2c(C)cc(C)cc2C)c2ccccc2F)cc1OC. The summed E-state index contributed by atoms with van der Waals surface area (Å²) in [6.45, 7) is 5.01. The van der Waals surface area contributed by atoms with Crippen LogP contribution in [0.25, 0.3) is 0 Å². The van der Waals surface area contributed by atoms with E-state index in [1.807, 2.05) is 32.9 Å². The quantitative estimate of drug-likeness (QED) is 0.503. The number of carbonyl (C=O) groups excluding carboxylic acids is 1. The lowest BCUT2D eigenvalue weighted by Gasteiger charge is -2.25. The first-order valence-corrected chi connectivity index (χ1v) is 11.9. The minimum atomic E-state index is -4.35. The number of methoxy groups -OCH3 is 2. The minimum absolute atomic E-state index is 0.177. The number of halogens is 1. The third kappa shape index (κ3) is 5.14. The van der Waals surface area contributed by atoms with E-state index in [-0.39, 0.29) is 16.3 Å². The van der Waals surface area contributed by atoms with E-state index in [1.54, 1.807) is 0 Å². The number of hydrogen-bond acceptors (Lipinski definition) is 5. The van der Waals surface area contributed by atoms with Crippen LogP contribution in [-0.4, -0.2) is 35.1 Å². The highest BCUT2D eigenvalue weighted by Gasteiger charge is 2.30. The van der Waals surface area contributed by atoms with Gasteiger partial charge in [0.05, 0.1) is 24.8 Å². The van der Waals surface area contributed by atoms with Crippen molar-refractivity contribution in [3.8, 4) is 11.5 Å². The predicted molar refractivity (Wildman–Crippen MR) is 130 cm³/mol. The van der Waals surface area contributed by atoms with Crippen LogP contribution in [0.4, 0.5) is 15.8 Å². The summed E-state index contributed by atoms with van der Waals surface area (Å²) in [5, 5.41) is 2.78. The van der Waals surface area contributed by atoms with Crippen molar-refractivity contribution in [2.75, 3.05) is 30.4 Å². The molecule has 9 heteroatoms. The number of nitrogens with zero attached hydrogens (tertiary/aromatic N) is 1. The third-order valence-electron chi connectivity index (χ3n) is 5.29. The van der Waals surface area contributed by atoms with Crippen LogP contribution in [-0.2, 0) is 14.8 Å². The molecule has 0 spiro atoms. The standard InChI is InChI=1S/C25H27FN2O5S/c1-16-12-17(2)25(18(3)13-16)27-24(29)15-28(21-9-7-6-8-20(21)26)34(30,31)19-10-11-22(32-4)23(14-19)33-5/h6-14H,15H2,1-5H3,(H,27,29). The highest BCUT2D eigenvalue weighted by atomic mass is 32.2. The Morgan fingerprint density at radius 1 is 0.941 bits per heavy atom. The number of rotatable bonds is 8. The molecule has 7 nitrogen and oxygen atoms in total. The zero-order chi connectivity index (χ0) is 25.0. The summed E-state index contributed by atoms with van der Waals surface area (Å²) in [7, 11) is -1.55. The number of hydrogen-bond donors (Lipinski definition) is 1. The lowest BCUT2D eigenvalue weighted by atomic mass is 10.1. The van der Waals surface area contributed by atoms with Crippen molar-refractivity contribution < 1.29 is 27.1 Å². The Labute approximate surface area is 199 Å². The first kappa shape index (κ1) is 25.0. The molecule has 0 aromatic heterocycles. The highest BCUT2D eigenvalue weighted by Crippen LogP contribution is 2.33. The predicted octanol–water partition coefficient (Wildman–Crippen LogP) is 4.60. The van der Waals surface area contributed by atoms with Crippen molar-refractivity contribution >= 4 is 27.3 Å². The van der Waals surface area contributed by atoms with Gasteiger partial charge in [0.1, 0.15) is 12.4 Å². The lowest BCUT2D eigenvalue weighted by Crippen LogP contribution is -2.38. The summed E-state index contributed by atoms with van der Waals surface area (Å²) in [6, 6.07) is 13.2. The van der Waals surface area contributed by atoms with Crippen molar-refractivity contribution in [2.45, 2.75) is 25.7 Å². The number of carbonyl (C=O) groups is 1. The fourth-order valence-electron chi connectivity index (χ4n) is 3.74. The molecular formula is C25H27FN2O5S. The second-order valence-electron chi connectivity index (χ2n) is 7.80. The molecule has 3 rings (SSSR count). The Morgan fingerprint density at radius 2 is 1.56 bits per heavy atom. The fourth-order valence-corrected chi connectivity index (χ4v) is 5.19. The van der Waals surface area contributed by atoms with Crippen LogP contribution in [0.2, 0.25) is 0 Å². The molecule has 0 unspecified atom stereocenters. The van der Waals surface area contributed by atoms with Crippen molar-refractivity contribution in [3.05, 3.63) is 77.1 Å². The van der Waals surface area contributed by atoms with Crippen molar-refractivity contribution in [1.82, 2.24) is 0 Å². The van der Waals surface area contributed by atoms with Gasteiger partial charge in [-0.25, -0.2) is 12.8 Å². The lowest BCUT2D eigenvalue weighted by molar-refractivity contribution is -0.114. The number of ether oxygens (including phenoxy) is 2. The molecular weight excluding hydrogens is 459 g/mol. The molecule has 0 atom stereocenters. The Balaban J connectivity index is 2.03. The molecule has 180 valence electrons. The Kier molecular flexibility index (Phi) is 7.46. The average molecular weight is 487 g/mol. The second kappa shape index (κ2) is 10.1. The van der Waals surface area contributed by atoms with Crippen LogP contribution in [0.3, 0.4) is 0 Å². The van der Waals surface area contributed by atoms with Gasteiger partial charge in [-0.2, -0.15) is 0 Å². The molecule has 3 aromatic rings. The summed E-state index contributed by atoms with van der Waals surface area (Å²) in [4.78, 5) is 12.8. The minimum Gasteiger partial charge on any atom is -0.493 e. The van der Waals surface area contributed by atoms with E-state index in [9.17, 15) is 17.6 Å². The van der Waals surface area contributed by atoms with Crippen LogP contribution in [0.5, 0.6) is 11.5 Å². The zero-order valence-electron chi connectivity index (χ0n) is 19.7. The van der Waals surface area contributed by atoms with Gasteiger partial charge in [0.25, 0.3) is 10.0 Å². The number of aryl methyl sites for hydroxylation is 3. The molecule has 0 saturated heterocycles. The molecule has 34 heavy (non-hydrogen) atoms. The molecule has 0 saturated carbocycles. The van der Waals surface area contributed by atoms with Gasteiger partial charge in [-0.05, 0) is 56.2 Å². The molecule has 0 aliphatic carbocycles. The molecule has 0 bridgehead atoms. The number of anilines is 2. The largest absolute Gasteiger partial charge is 0.493 e. The normalized spacial score (nSPS) is 11.1. The van der Waals surface area contributed by atoms with E-state index < -0.39 is 28.3 Å². The Bertz CT molecular complexity index is 1300. The smallest absolute Gasteiger partial charge is 0.265 e. The molecule has 3 aromatic carbocycles. The molecule has 0 aliphatic heterocycles. The van der Waals surface area contributed by atoms with E-state index in [0.717, 1.165) is 27.1 Å². The zero-order valence-corrected chi connectivity index (χ0v) is 20.5. The maximum absolute atomic E-state index is 14.7. The maximum Gasteiger partial charge on any atom is 0.265 e. The molecule has 1 amide bonds. The Hall–Kier alpha value is -3.59. The van der Waals surface area contributed by atoms with Crippen molar-refractivity contribution in [1.29, 1.82) is 0 Å². The summed E-state index contributed by atoms with van der Waals surface area (Å²) in [6.07, 6.45) is 0. The molecule has 0 radical (unpaired) electrons. The van der Waals surface area contributed by atoms with E-state index >= 15 is 0 Å². The van der Waals surface area contributed by atoms with Crippen LogP contribution in [0, 0.1) is 26.6 Å². The molecule has 0 heterocycles. The maximum atomic E-state index is 14.7. The summed E-state index contributed by atoms with van der Waals surface area (Å²) in [5.41, 5.74) is 3.06. The second-order valence-corrected chi connectivity index (χ2v) is 9.66. The van der Waals surface area contributed by atoms with E-state index in [4.69, 9.17) is 9.47 Å². The number of para-hydroxylation sites is 1. The van der Waals surface area contributed by atoms with Gasteiger partial charge >= 0.3 is 0 Å². The third-order valence-corrected chi connectivity index (χ3v) is 7.05.